The molecule has 0 saturated heterocycles. The highest BCUT2D eigenvalue weighted by atomic mass is 32.2. The lowest BCUT2D eigenvalue weighted by molar-refractivity contribution is 0.402. The van der Waals surface area contributed by atoms with Crippen LogP contribution in [0, 0.1) is 13.8 Å². The Hall–Kier alpha value is -1.73. The molecule has 1 aromatic heterocycles. The van der Waals surface area contributed by atoms with Gasteiger partial charge in [-0.25, -0.2) is 8.42 Å². The van der Waals surface area contributed by atoms with Crippen LogP contribution in [0.5, 0.6) is 11.5 Å². The summed E-state index contributed by atoms with van der Waals surface area (Å²) in [6.07, 6.45) is 0. The number of sulfonamides is 1. The fourth-order valence-corrected chi connectivity index (χ4v) is 4.23. The number of thiophene rings is 1. The van der Waals surface area contributed by atoms with Gasteiger partial charge in [-0.15, -0.1) is 11.3 Å². The molecule has 0 amide bonds. The van der Waals surface area contributed by atoms with Gasteiger partial charge < -0.3 is 9.47 Å². The predicted molar refractivity (Wildman–Crippen MR) is 84.1 cm³/mol. The Morgan fingerprint density at radius 1 is 1.05 bits per heavy atom. The molecule has 0 aliphatic carbocycles. The standard InChI is InChI=1S/C14H17NO4S2/c1-9-7-13(19-4)11(8-12(9)18-3)15-21(16,17)14-6-5-10(2)20-14/h5-8,15H,1-4H3. The van der Waals surface area contributed by atoms with E-state index in [1.807, 2.05) is 13.8 Å². The molecule has 2 aromatic rings. The minimum Gasteiger partial charge on any atom is -0.496 e. The predicted octanol–water partition coefficient (Wildman–Crippen LogP) is 3.18. The number of nitrogens with one attached hydrogen (secondary N) is 1. The molecule has 1 aromatic carbocycles. The van der Waals surface area contributed by atoms with Gasteiger partial charge in [0.1, 0.15) is 15.7 Å². The second-order valence-electron chi connectivity index (χ2n) is 4.49. The summed E-state index contributed by atoms with van der Waals surface area (Å²) in [6.45, 7) is 3.72. The highest BCUT2D eigenvalue weighted by Crippen LogP contribution is 2.34. The van der Waals surface area contributed by atoms with Crippen molar-refractivity contribution >= 4 is 27.0 Å². The summed E-state index contributed by atoms with van der Waals surface area (Å²) in [5.74, 6) is 1.04. The SMILES string of the molecule is COc1cc(NS(=O)(=O)c2ccc(C)s2)c(OC)cc1C. The van der Waals surface area contributed by atoms with Crippen molar-refractivity contribution in [2.75, 3.05) is 18.9 Å². The monoisotopic (exact) mass is 327 g/mol. The van der Waals surface area contributed by atoms with Crippen molar-refractivity contribution in [1.82, 2.24) is 0 Å². The van der Waals surface area contributed by atoms with Crippen molar-refractivity contribution in [3.05, 3.63) is 34.7 Å². The molecule has 0 radical (unpaired) electrons. The Balaban J connectivity index is 2.43. The van der Waals surface area contributed by atoms with E-state index >= 15 is 0 Å². The number of benzene rings is 1. The highest BCUT2D eigenvalue weighted by Gasteiger charge is 2.19. The third kappa shape index (κ3) is 3.30. The molecule has 1 N–H and O–H groups in total. The number of methoxy groups -OCH3 is 2. The number of anilines is 1. The van der Waals surface area contributed by atoms with Crippen LogP contribution in [0.2, 0.25) is 0 Å². The molecule has 21 heavy (non-hydrogen) atoms. The van der Waals surface area contributed by atoms with Crippen LogP contribution in [0.25, 0.3) is 0 Å². The number of hydrogen-bond donors (Lipinski definition) is 1. The van der Waals surface area contributed by atoms with Crippen molar-refractivity contribution in [2.45, 2.75) is 18.1 Å². The molecule has 0 unspecified atom stereocenters. The molecule has 0 saturated carbocycles. The van der Waals surface area contributed by atoms with Gasteiger partial charge in [0, 0.05) is 10.9 Å². The van der Waals surface area contributed by atoms with Gasteiger partial charge in [0.05, 0.1) is 19.9 Å². The van der Waals surface area contributed by atoms with Crippen molar-refractivity contribution in [3.8, 4) is 11.5 Å². The molecule has 5 nitrogen and oxygen atoms in total. The van der Waals surface area contributed by atoms with Gasteiger partial charge in [0.25, 0.3) is 10.0 Å². The third-order valence-corrected chi connectivity index (χ3v) is 5.80. The second kappa shape index (κ2) is 5.95. The van der Waals surface area contributed by atoms with E-state index in [9.17, 15) is 8.42 Å². The van der Waals surface area contributed by atoms with Crippen molar-refractivity contribution in [2.24, 2.45) is 0 Å². The first-order valence-electron chi connectivity index (χ1n) is 6.19. The summed E-state index contributed by atoms with van der Waals surface area (Å²) in [6, 6.07) is 6.70. The van der Waals surface area contributed by atoms with Crippen molar-refractivity contribution in [3.63, 3.8) is 0 Å². The minimum absolute atomic E-state index is 0.265. The maximum absolute atomic E-state index is 12.4. The first-order chi connectivity index (χ1) is 9.87. The van der Waals surface area contributed by atoms with Gasteiger partial charge in [0.2, 0.25) is 0 Å². The molecule has 1 heterocycles. The molecule has 0 aliphatic rings. The van der Waals surface area contributed by atoms with Gasteiger partial charge in [0.15, 0.2) is 0 Å². The van der Waals surface area contributed by atoms with Gasteiger partial charge >= 0.3 is 0 Å². The highest BCUT2D eigenvalue weighted by molar-refractivity contribution is 7.94. The molecular weight excluding hydrogens is 310 g/mol. The van der Waals surface area contributed by atoms with E-state index in [4.69, 9.17) is 9.47 Å². The molecule has 7 heteroatoms. The summed E-state index contributed by atoms with van der Waals surface area (Å²) >= 11 is 1.22. The lowest BCUT2D eigenvalue weighted by Gasteiger charge is -2.14. The summed E-state index contributed by atoms with van der Waals surface area (Å²) in [4.78, 5) is 0.934. The average Bonchev–Trinajstić information content (AvgIpc) is 2.87. The van der Waals surface area contributed by atoms with Gasteiger partial charge in [-0.3, -0.25) is 4.72 Å². The van der Waals surface area contributed by atoms with E-state index in [0.717, 1.165) is 10.4 Å². The van der Waals surface area contributed by atoms with Gasteiger partial charge in [-0.1, -0.05) is 0 Å². The molecule has 0 fully saturated rings. The van der Waals surface area contributed by atoms with Crippen LogP contribution in [0.4, 0.5) is 5.69 Å². The Labute approximate surface area is 128 Å². The van der Waals surface area contributed by atoms with Crippen LogP contribution in [0.15, 0.2) is 28.5 Å². The van der Waals surface area contributed by atoms with Crippen LogP contribution in [0.1, 0.15) is 10.4 Å². The molecule has 0 bridgehead atoms. The Bertz CT molecular complexity index is 750. The molecular formula is C14H17NO4S2. The Morgan fingerprint density at radius 3 is 2.24 bits per heavy atom. The van der Waals surface area contributed by atoms with Crippen LogP contribution < -0.4 is 14.2 Å². The summed E-state index contributed by atoms with van der Waals surface area (Å²) in [5.41, 5.74) is 1.22. The minimum atomic E-state index is -3.63. The topological polar surface area (TPSA) is 64.6 Å². The smallest absolute Gasteiger partial charge is 0.271 e. The van der Waals surface area contributed by atoms with Crippen LogP contribution in [-0.2, 0) is 10.0 Å². The maximum atomic E-state index is 12.4. The van der Waals surface area contributed by atoms with Crippen LogP contribution in [-0.4, -0.2) is 22.6 Å². The molecule has 0 spiro atoms. The third-order valence-electron chi connectivity index (χ3n) is 2.94. The molecule has 0 atom stereocenters. The Kier molecular flexibility index (Phi) is 4.43. The van der Waals surface area contributed by atoms with E-state index < -0.39 is 10.0 Å². The van der Waals surface area contributed by atoms with Gasteiger partial charge in [-0.05, 0) is 37.6 Å². The molecule has 114 valence electrons. The summed E-state index contributed by atoms with van der Waals surface area (Å²) < 4.78 is 38.0. The summed E-state index contributed by atoms with van der Waals surface area (Å²) in [5, 5.41) is 0. The van der Waals surface area contributed by atoms with E-state index in [0.29, 0.717) is 17.2 Å². The van der Waals surface area contributed by atoms with Crippen molar-refractivity contribution < 1.29 is 17.9 Å². The lowest BCUT2D eigenvalue weighted by Crippen LogP contribution is -2.12. The normalized spacial score (nSPS) is 11.2. The van der Waals surface area contributed by atoms with E-state index in [-0.39, 0.29) is 4.21 Å². The number of ether oxygens (including phenoxy) is 2. The van der Waals surface area contributed by atoms with Crippen LogP contribution in [0.3, 0.4) is 0 Å². The lowest BCUT2D eigenvalue weighted by atomic mass is 10.2. The summed E-state index contributed by atoms with van der Waals surface area (Å²) in [7, 11) is -0.598. The van der Waals surface area contributed by atoms with E-state index in [1.165, 1.54) is 25.6 Å². The molecule has 0 aliphatic heterocycles. The average molecular weight is 327 g/mol. The number of rotatable bonds is 5. The van der Waals surface area contributed by atoms with Crippen molar-refractivity contribution in [1.29, 1.82) is 0 Å². The largest absolute Gasteiger partial charge is 0.496 e. The maximum Gasteiger partial charge on any atom is 0.271 e. The zero-order chi connectivity index (χ0) is 15.6. The van der Waals surface area contributed by atoms with Gasteiger partial charge in [-0.2, -0.15) is 0 Å². The number of hydrogen-bond acceptors (Lipinski definition) is 5. The number of aryl methyl sites for hydroxylation is 2. The first kappa shape index (κ1) is 15.7. The van der Waals surface area contributed by atoms with E-state index in [2.05, 4.69) is 4.72 Å². The molecule has 2 rings (SSSR count). The van der Waals surface area contributed by atoms with E-state index in [1.54, 1.807) is 24.3 Å². The zero-order valence-corrected chi connectivity index (χ0v) is 13.9. The quantitative estimate of drug-likeness (QED) is 0.916. The first-order valence-corrected chi connectivity index (χ1v) is 8.49. The van der Waals surface area contributed by atoms with Crippen LogP contribution >= 0.6 is 11.3 Å². The second-order valence-corrected chi connectivity index (χ2v) is 7.69. The zero-order valence-electron chi connectivity index (χ0n) is 12.3. The fraction of sp³-hybridized carbons (Fsp3) is 0.286. The fourth-order valence-electron chi connectivity index (χ4n) is 1.88. The Morgan fingerprint density at radius 2 is 1.71 bits per heavy atom.